The molecule has 4 rings (SSSR count). The molecule has 1 aliphatic heterocycles. The molecule has 0 spiro atoms. The summed E-state index contributed by atoms with van der Waals surface area (Å²) >= 11 is 0. The molecule has 0 unspecified atom stereocenters. The summed E-state index contributed by atoms with van der Waals surface area (Å²) in [6.07, 6.45) is 3.70. The van der Waals surface area contributed by atoms with Gasteiger partial charge in [-0.25, -0.2) is 4.79 Å². The van der Waals surface area contributed by atoms with Crippen molar-refractivity contribution in [1.82, 2.24) is 9.47 Å². The van der Waals surface area contributed by atoms with E-state index in [9.17, 15) is 14.7 Å². The number of hydrogen-bond acceptors (Lipinski definition) is 5. The van der Waals surface area contributed by atoms with E-state index in [1.165, 1.54) is 4.90 Å². The van der Waals surface area contributed by atoms with E-state index in [0.717, 1.165) is 41.7 Å². The molecular formula is C28H33N3O5. The summed E-state index contributed by atoms with van der Waals surface area (Å²) in [5.74, 6) is 1.06. The fourth-order valence-electron chi connectivity index (χ4n) is 4.53. The summed E-state index contributed by atoms with van der Waals surface area (Å²) in [7, 11) is 5.73. The van der Waals surface area contributed by atoms with Crippen molar-refractivity contribution in [1.29, 1.82) is 0 Å². The number of carbonyl (C=O) groups is 2. The lowest BCUT2D eigenvalue weighted by molar-refractivity contribution is 0.101. The van der Waals surface area contributed by atoms with Gasteiger partial charge in [0, 0.05) is 40.8 Å². The van der Waals surface area contributed by atoms with Crippen LogP contribution in [-0.2, 0) is 6.54 Å². The number of allylic oxidation sites excluding steroid dienone is 1. The van der Waals surface area contributed by atoms with Crippen LogP contribution < -0.4 is 14.4 Å². The number of carboxylic acid groups (broad SMARTS) is 1. The maximum atomic E-state index is 13.2. The van der Waals surface area contributed by atoms with Gasteiger partial charge in [0.05, 0.1) is 18.4 Å². The Morgan fingerprint density at radius 2 is 1.92 bits per heavy atom. The predicted molar refractivity (Wildman–Crippen MR) is 141 cm³/mol. The number of fused-ring (bicyclic) bond motifs is 2. The molecule has 1 aromatic heterocycles. The highest BCUT2D eigenvalue weighted by Gasteiger charge is 2.32. The molecule has 0 radical (unpaired) electrons. The molecule has 2 heterocycles. The lowest BCUT2D eigenvalue weighted by Gasteiger charge is -2.33. The zero-order valence-electron chi connectivity index (χ0n) is 21.7. The molecule has 8 heteroatoms. The topological polar surface area (TPSA) is 84.2 Å². The van der Waals surface area contributed by atoms with Crippen molar-refractivity contribution in [3.05, 3.63) is 59.5 Å². The molecule has 1 amide bonds. The van der Waals surface area contributed by atoms with Crippen molar-refractivity contribution >= 4 is 34.5 Å². The van der Waals surface area contributed by atoms with Gasteiger partial charge in [-0.3, -0.25) is 9.69 Å². The van der Waals surface area contributed by atoms with E-state index in [1.54, 1.807) is 31.4 Å². The van der Waals surface area contributed by atoms with Gasteiger partial charge in [0.1, 0.15) is 11.5 Å². The molecule has 3 aromatic rings. The van der Waals surface area contributed by atoms with Gasteiger partial charge in [-0.05, 0) is 84.2 Å². The first kappa shape index (κ1) is 25.3. The average Bonchev–Trinajstić information content (AvgIpc) is 3.29. The number of nitrogens with zero attached hydrogens (tertiary/aromatic N) is 3. The second kappa shape index (κ2) is 9.70. The van der Waals surface area contributed by atoms with Crippen LogP contribution in [0.4, 0.5) is 10.5 Å². The Hall–Kier alpha value is -3.78. The van der Waals surface area contributed by atoms with Crippen LogP contribution in [0.25, 0.3) is 17.0 Å². The molecule has 0 bridgehead atoms. The molecule has 0 fully saturated rings. The van der Waals surface area contributed by atoms with Crippen LogP contribution in [0.5, 0.6) is 11.5 Å². The Bertz CT molecular complexity index is 1350. The third kappa shape index (κ3) is 4.95. The van der Waals surface area contributed by atoms with Gasteiger partial charge in [-0.15, -0.1) is 0 Å². The van der Waals surface area contributed by atoms with E-state index in [2.05, 4.69) is 23.6 Å². The Morgan fingerprint density at radius 1 is 1.17 bits per heavy atom. The van der Waals surface area contributed by atoms with E-state index in [1.807, 2.05) is 45.2 Å². The van der Waals surface area contributed by atoms with Crippen molar-refractivity contribution < 1.29 is 24.2 Å². The first-order valence-electron chi connectivity index (χ1n) is 11.9. The van der Waals surface area contributed by atoms with Crippen LogP contribution in [0.3, 0.4) is 0 Å². The zero-order valence-corrected chi connectivity index (χ0v) is 21.7. The van der Waals surface area contributed by atoms with Crippen molar-refractivity contribution in [2.24, 2.45) is 0 Å². The second-order valence-corrected chi connectivity index (χ2v) is 10.2. The Labute approximate surface area is 211 Å². The summed E-state index contributed by atoms with van der Waals surface area (Å²) in [5, 5.41) is 10.7. The van der Waals surface area contributed by atoms with E-state index in [-0.39, 0.29) is 11.5 Å². The number of Topliss-reactive ketones (excluding diaryl/α,β-unsaturated/α-hetero) is 1. The summed E-state index contributed by atoms with van der Waals surface area (Å²) < 4.78 is 13.6. The van der Waals surface area contributed by atoms with Gasteiger partial charge in [0.15, 0.2) is 5.76 Å². The van der Waals surface area contributed by atoms with Crippen LogP contribution in [0, 0.1) is 0 Å². The molecular weight excluding hydrogens is 458 g/mol. The smallest absolute Gasteiger partial charge is 0.412 e. The van der Waals surface area contributed by atoms with E-state index < -0.39 is 11.6 Å². The summed E-state index contributed by atoms with van der Waals surface area (Å²) in [4.78, 5) is 28.5. The summed E-state index contributed by atoms with van der Waals surface area (Å²) in [5.41, 5.74) is 2.11. The number of aromatic nitrogens is 1. The minimum absolute atomic E-state index is 0.204. The third-order valence-corrected chi connectivity index (χ3v) is 6.18. The highest BCUT2D eigenvalue weighted by atomic mass is 16.5. The average molecular weight is 492 g/mol. The number of methoxy groups -OCH3 is 1. The summed E-state index contributed by atoms with van der Waals surface area (Å²) in [6, 6.07) is 10.8. The standard InChI is InChI=1S/C28H33N3O5/c1-28(2,3)31(27(33)34)19-8-10-21-24(15-19)36-25(26(21)32)14-18-17-30(13-7-12-29(4)5)23-11-9-20(35-6)16-22(18)23/h8-11,14-17H,7,12-13H2,1-6H3,(H,33,34)/b25-14-. The first-order chi connectivity index (χ1) is 17.0. The number of carbonyl (C=O) groups excluding carboxylic acids is 1. The van der Waals surface area contributed by atoms with Gasteiger partial charge < -0.3 is 24.0 Å². The highest BCUT2D eigenvalue weighted by molar-refractivity contribution is 6.15. The molecule has 1 N–H and O–H groups in total. The maximum absolute atomic E-state index is 13.2. The van der Waals surface area contributed by atoms with Crippen molar-refractivity contribution in [2.75, 3.05) is 32.6 Å². The largest absolute Gasteiger partial charge is 0.497 e. The molecule has 8 nitrogen and oxygen atoms in total. The van der Waals surface area contributed by atoms with Crippen molar-refractivity contribution in [3.8, 4) is 11.5 Å². The highest BCUT2D eigenvalue weighted by Crippen LogP contribution is 2.38. The fourth-order valence-corrected chi connectivity index (χ4v) is 4.53. The van der Waals surface area contributed by atoms with Gasteiger partial charge >= 0.3 is 6.09 Å². The Kier molecular flexibility index (Phi) is 6.82. The van der Waals surface area contributed by atoms with Gasteiger partial charge in [-0.2, -0.15) is 0 Å². The van der Waals surface area contributed by atoms with Crippen LogP contribution in [0.2, 0.25) is 0 Å². The lowest BCUT2D eigenvalue weighted by Crippen LogP contribution is -2.45. The molecule has 1 aliphatic rings. The minimum Gasteiger partial charge on any atom is -0.497 e. The van der Waals surface area contributed by atoms with Gasteiger partial charge in [0.25, 0.3) is 0 Å². The zero-order chi connectivity index (χ0) is 26.2. The number of rotatable bonds is 7. The van der Waals surface area contributed by atoms with Crippen LogP contribution in [0.1, 0.15) is 43.1 Å². The SMILES string of the molecule is COc1ccc2c(c1)c(/C=C1\Oc3cc(N(C(=O)O)C(C)(C)C)ccc3C1=O)cn2CCCN(C)C. The monoisotopic (exact) mass is 491 g/mol. The number of aryl methyl sites for hydroxylation is 1. The molecule has 36 heavy (non-hydrogen) atoms. The minimum atomic E-state index is -1.07. The number of ether oxygens (including phenoxy) is 2. The molecule has 2 aromatic carbocycles. The van der Waals surface area contributed by atoms with Crippen LogP contribution in [0.15, 0.2) is 48.4 Å². The second-order valence-electron chi connectivity index (χ2n) is 10.2. The number of benzene rings is 2. The van der Waals surface area contributed by atoms with E-state index in [0.29, 0.717) is 17.0 Å². The number of amides is 1. The Balaban J connectivity index is 1.71. The normalized spacial score (nSPS) is 14.4. The van der Waals surface area contributed by atoms with E-state index >= 15 is 0 Å². The quantitative estimate of drug-likeness (QED) is 0.439. The molecule has 190 valence electrons. The Morgan fingerprint density at radius 3 is 2.56 bits per heavy atom. The number of ketones is 1. The molecule has 0 saturated heterocycles. The number of hydrogen-bond donors (Lipinski definition) is 1. The molecule has 0 saturated carbocycles. The molecule has 0 aliphatic carbocycles. The van der Waals surface area contributed by atoms with Gasteiger partial charge in [-0.1, -0.05) is 0 Å². The van der Waals surface area contributed by atoms with Crippen molar-refractivity contribution in [2.45, 2.75) is 39.3 Å². The van der Waals surface area contributed by atoms with Crippen LogP contribution >= 0.6 is 0 Å². The van der Waals surface area contributed by atoms with Crippen LogP contribution in [-0.4, -0.2) is 59.7 Å². The summed E-state index contributed by atoms with van der Waals surface area (Å²) in [6.45, 7) is 7.24. The number of anilines is 1. The lowest BCUT2D eigenvalue weighted by atomic mass is 10.0. The fraction of sp³-hybridized carbons (Fsp3) is 0.357. The predicted octanol–water partition coefficient (Wildman–Crippen LogP) is 5.50. The van der Waals surface area contributed by atoms with E-state index in [4.69, 9.17) is 9.47 Å². The third-order valence-electron chi connectivity index (χ3n) is 6.18. The molecule has 0 atom stereocenters. The van der Waals surface area contributed by atoms with Crippen molar-refractivity contribution in [3.63, 3.8) is 0 Å². The first-order valence-corrected chi connectivity index (χ1v) is 11.9. The maximum Gasteiger partial charge on any atom is 0.412 e. The van der Waals surface area contributed by atoms with Gasteiger partial charge in [0.2, 0.25) is 5.78 Å².